The molecule has 24 heteroatoms. The molecule has 7 heterocycles. The van der Waals surface area contributed by atoms with Crippen LogP contribution in [-0.2, 0) is 43.9 Å². The van der Waals surface area contributed by atoms with Crippen molar-refractivity contribution in [3.63, 3.8) is 0 Å². The molecule has 47 heavy (non-hydrogen) atoms. The summed E-state index contributed by atoms with van der Waals surface area (Å²) in [7, 11) is -4.86. The molecule has 1 spiro atoms. The van der Waals surface area contributed by atoms with Crippen LogP contribution in [0.4, 0.5) is 11.8 Å². The SMILES string of the molecule is Nc1nc2c(ncn2C2OC34COC2C3OP(=O)(O)OCC23CC2C(n2cnc5c(N)ncnc52)C(O)C3OP(O)(=S)OC4)c(=O)[nH]1. The monoisotopic (exact) mass is 712 g/mol. The number of nitrogens with one attached hydrogen (secondary N) is 1. The van der Waals surface area contributed by atoms with Crippen LogP contribution in [0.2, 0.25) is 0 Å². The molecule has 0 radical (unpaired) electrons. The lowest BCUT2D eigenvalue weighted by Gasteiger charge is -2.35. The summed E-state index contributed by atoms with van der Waals surface area (Å²) in [6.45, 7) is -5.25. The summed E-state index contributed by atoms with van der Waals surface area (Å²) in [4.78, 5) is 57.9. The average molecular weight is 713 g/mol. The molecule has 250 valence electrons. The highest BCUT2D eigenvalue weighted by atomic mass is 32.5. The molecule has 2 bridgehead atoms. The Morgan fingerprint density at radius 2 is 1.79 bits per heavy atom. The zero-order valence-electron chi connectivity index (χ0n) is 23.8. The van der Waals surface area contributed by atoms with Gasteiger partial charge in [-0.05, 0) is 24.1 Å². The van der Waals surface area contributed by atoms with Crippen LogP contribution in [0.1, 0.15) is 18.7 Å². The van der Waals surface area contributed by atoms with Gasteiger partial charge in [-0.1, -0.05) is 0 Å². The van der Waals surface area contributed by atoms with Gasteiger partial charge in [-0.2, -0.15) is 4.98 Å². The van der Waals surface area contributed by atoms with E-state index in [0.717, 1.165) is 0 Å². The van der Waals surface area contributed by atoms with E-state index >= 15 is 0 Å². The Hall–Kier alpha value is -2.98. The highest BCUT2D eigenvalue weighted by Gasteiger charge is 2.74. The number of aliphatic hydroxyl groups excluding tert-OH is 1. The zero-order chi connectivity index (χ0) is 32.7. The molecule has 11 atom stereocenters. The molecule has 0 amide bonds. The molecule has 3 saturated heterocycles. The van der Waals surface area contributed by atoms with Gasteiger partial charge in [0.1, 0.15) is 41.9 Å². The number of aromatic amines is 1. The molecule has 2 saturated carbocycles. The van der Waals surface area contributed by atoms with Crippen molar-refractivity contribution in [3.8, 4) is 0 Å². The molecule has 21 nitrogen and oxygen atoms in total. The summed E-state index contributed by atoms with van der Waals surface area (Å²) in [5, 5.41) is 11.6. The topological polar surface area (TPSA) is 292 Å². The Morgan fingerprint density at radius 3 is 2.62 bits per heavy atom. The van der Waals surface area contributed by atoms with Crippen molar-refractivity contribution >= 4 is 60.4 Å². The van der Waals surface area contributed by atoms with Gasteiger partial charge in [0.25, 0.3) is 5.56 Å². The molecule has 5 fully saturated rings. The van der Waals surface area contributed by atoms with Crippen LogP contribution in [0.15, 0.2) is 23.8 Å². The Kier molecular flexibility index (Phi) is 6.28. The first-order valence-electron chi connectivity index (χ1n) is 14.3. The number of aromatic nitrogens is 8. The van der Waals surface area contributed by atoms with Crippen LogP contribution in [-0.4, -0.2) is 104 Å². The Labute approximate surface area is 267 Å². The molecular weight excluding hydrogens is 686 g/mol. The summed E-state index contributed by atoms with van der Waals surface area (Å²) in [6, 6.07) is -0.701. The minimum Gasteiger partial charge on any atom is -0.388 e. The van der Waals surface area contributed by atoms with Gasteiger partial charge < -0.3 is 49.4 Å². The van der Waals surface area contributed by atoms with E-state index in [-0.39, 0.29) is 35.5 Å². The standard InChI is InChI=1S/C23H26N10O11P2S/c24-16-9-17(27-5-26-16)32(6-28-9)11-8-1-22(8)2-40-45(36,37)43-15-13-20(33-7-29-10-18(33)30-21(25)31-19(10)35)42-23(15,3-39-13)4-41-46(38,47)44-14(22)12(11)34/h5-8,11-15,20,34H,1-4H2,(H,36,37)(H,38,47)(H2,24,26,27)(H3,25,30,31,35). The molecule has 3 aliphatic heterocycles. The first kappa shape index (κ1) is 30.1. The van der Waals surface area contributed by atoms with E-state index in [1.807, 2.05) is 0 Å². The lowest BCUT2D eigenvalue weighted by atomic mass is 10.0. The second-order valence-electron chi connectivity index (χ2n) is 12.3. The maximum atomic E-state index is 13.6. The molecule has 2 aliphatic carbocycles. The van der Waals surface area contributed by atoms with Gasteiger partial charge in [0.2, 0.25) is 5.95 Å². The maximum Gasteiger partial charge on any atom is 0.472 e. The van der Waals surface area contributed by atoms with Crippen molar-refractivity contribution in [2.24, 2.45) is 11.3 Å². The first-order chi connectivity index (χ1) is 22.3. The lowest BCUT2D eigenvalue weighted by Crippen LogP contribution is -2.46. The molecular formula is C23H26N10O11P2S. The van der Waals surface area contributed by atoms with Crippen LogP contribution in [0.3, 0.4) is 0 Å². The fraction of sp³-hybridized carbons (Fsp3) is 0.565. The Balaban J connectivity index is 1.05. The van der Waals surface area contributed by atoms with Crippen molar-refractivity contribution in [1.82, 2.24) is 39.0 Å². The van der Waals surface area contributed by atoms with Gasteiger partial charge in [-0.3, -0.25) is 23.4 Å². The van der Waals surface area contributed by atoms with E-state index in [1.54, 1.807) is 4.57 Å². The number of aliphatic hydroxyl groups is 1. The normalized spacial score (nSPS) is 42.9. The fourth-order valence-corrected chi connectivity index (χ4v) is 10.1. The molecule has 11 unspecified atom stereocenters. The maximum absolute atomic E-state index is 13.6. The van der Waals surface area contributed by atoms with Crippen molar-refractivity contribution in [2.75, 3.05) is 31.3 Å². The van der Waals surface area contributed by atoms with Crippen molar-refractivity contribution in [1.29, 1.82) is 0 Å². The minimum absolute atomic E-state index is 0.0316. The van der Waals surface area contributed by atoms with E-state index < -0.39 is 81.0 Å². The predicted molar refractivity (Wildman–Crippen MR) is 158 cm³/mol. The summed E-state index contributed by atoms with van der Waals surface area (Å²) in [5.74, 6) is -0.398. The molecule has 5 aliphatic rings. The summed E-state index contributed by atoms with van der Waals surface area (Å²) in [5.41, 5.74) is 9.18. The van der Waals surface area contributed by atoms with Crippen LogP contribution in [0, 0.1) is 11.3 Å². The van der Waals surface area contributed by atoms with Gasteiger partial charge in [-0.25, -0.2) is 24.5 Å². The third kappa shape index (κ3) is 4.35. The number of ether oxygens (including phenoxy) is 2. The minimum atomic E-state index is -4.86. The van der Waals surface area contributed by atoms with Crippen molar-refractivity contribution < 1.29 is 47.0 Å². The number of rotatable bonds is 2. The smallest absolute Gasteiger partial charge is 0.388 e. The number of H-pyrrole nitrogens is 1. The number of imidazole rings is 2. The predicted octanol–water partition coefficient (Wildman–Crippen LogP) is -1.15. The second kappa shape index (κ2) is 9.80. The highest BCUT2D eigenvalue weighted by Crippen LogP contribution is 2.72. The van der Waals surface area contributed by atoms with Gasteiger partial charge in [-0.15, -0.1) is 0 Å². The highest BCUT2D eigenvalue weighted by molar-refractivity contribution is 8.07. The van der Waals surface area contributed by atoms with Crippen LogP contribution in [0.5, 0.6) is 0 Å². The second-order valence-corrected chi connectivity index (χ2v) is 16.5. The zero-order valence-corrected chi connectivity index (χ0v) is 26.4. The van der Waals surface area contributed by atoms with Gasteiger partial charge >= 0.3 is 14.5 Å². The number of fused-ring (bicyclic) bond motifs is 2. The number of nitrogens with two attached hydrogens (primary N) is 2. The van der Waals surface area contributed by atoms with Gasteiger partial charge in [0, 0.05) is 5.41 Å². The Morgan fingerprint density at radius 1 is 1.00 bits per heavy atom. The number of anilines is 2. The number of phosphoric ester groups is 1. The van der Waals surface area contributed by atoms with Crippen molar-refractivity contribution in [3.05, 3.63) is 29.3 Å². The van der Waals surface area contributed by atoms with E-state index in [2.05, 4.69) is 29.9 Å². The molecule has 4 aromatic heterocycles. The number of nitrogens with zero attached hydrogens (tertiary/aromatic N) is 7. The molecule has 8 N–H and O–H groups in total. The largest absolute Gasteiger partial charge is 0.472 e. The van der Waals surface area contributed by atoms with E-state index in [0.29, 0.717) is 17.6 Å². The molecule has 0 aromatic carbocycles. The van der Waals surface area contributed by atoms with E-state index in [9.17, 15) is 24.3 Å². The van der Waals surface area contributed by atoms with Crippen LogP contribution < -0.4 is 17.0 Å². The van der Waals surface area contributed by atoms with Crippen LogP contribution in [0.25, 0.3) is 22.3 Å². The fourth-order valence-electron chi connectivity index (χ4n) is 7.50. The number of phosphoric acid groups is 1. The van der Waals surface area contributed by atoms with Crippen molar-refractivity contribution in [2.45, 2.75) is 48.7 Å². The Bertz CT molecular complexity index is 2130. The summed E-state index contributed by atoms with van der Waals surface area (Å²) in [6.07, 6.45) is -1.54. The van der Waals surface area contributed by atoms with Gasteiger partial charge in [0.15, 0.2) is 28.9 Å². The first-order valence-corrected chi connectivity index (χ1v) is 18.3. The third-order valence-electron chi connectivity index (χ3n) is 9.69. The third-order valence-corrected chi connectivity index (χ3v) is 12.2. The lowest BCUT2D eigenvalue weighted by molar-refractivity contribution is -0.183. The molecule has 9 rings (SSSR count). The average Bonchev–Trinajstić information content (AvgIpc) is 3.43. The van der Waals surface area contributed by atoms with Gasteiger partial charge in [0.05, 0.1) is 38.5 Å². The molecule has 4 aromatic rings. The number of hydrogen-bond acceptors (Lipinski definition) is 17. The summed E-state index contributed by atoms with van der Waals surface area (Å²) >= 11 is 5.41. The van der Waals surface area contributed by atoms with Crippen LogP contribution >= 0.6 is 14.5 Å². The van der Waals surface area contributed by atoms with E-state index in [1.165, 1.54) is 23.5 Å². The van der Waals surface area contributed by atoms with E-state index in [4.69, 9.17) is 50.8 Å². The summed E-state index contributed by atoms with van der Waals surface area (Å²) < 4.78 is 52.0. The number of hydrogen-bond donors (Lipinski definition) is 6. The number of nitrogen functional groups attached to an aromatic ring is 2. The quantitative estimate of drug-likeness (QED) is 0.134.